The van der Waals surface area contributed by atoms with Crippen molar-refractivity contribution in [2.45, 2.75) is 58.4 Å². The summed E-state index contributed by atoms with van der Waals surface area (Å²) in [6, 6.07) is 0.523. The first-order valence-electron chi connectivity index (χ1n) is 7.73. The van der Waals surface area contributed by atoms with Crippen molar-refractivity contribution in [2.24, 2.45) is 11.8 Å². The maximum absolute atomic E-state index is 5.64. The molecule has 3 rings (SSSR count). The van der Waals surface area contributed by atoms with Gasteiger partial charge in [0.25, 0.3) is 0 Å². The van der Waals surface area contributed by atoms with Crippen molar-refractivity contribution in [3.63, 3.8) is 0 Å². The van der Waals surface area contributed by atoms with Crippen molar-refractivity contribution in [3.05, 3.63) is 11.4 Å². The zero-order valence-corrected chi connectivity index (χ0v) is 12.7. The molecule has 20 heavy (non-hydrogen) atoms. The second kappa shape index (κ2) is 5.20. The van der Waals surface area contributed by atoms with E-state index in [-0.39, 0.29) is 0 Å². The maximum atomic E-state index is 5.64. The Kier molecular flexibility index (Phi) is 3.54. The molecule has 1 aliphatic heterocycles. The standard InChI is InChI=1S/C15H25N5/c1-9-5-4-8-20(11(9)3)15-10(2)13(19-16)17-14(18-15)12-6-7-12/h9,11-12H,4-8,16H2,1-3H3,(H,17,18,19). The highest BCUT2D eigenvalue weighted by molar-refractivity contribution is 5.59. The summed E-state index contributed by atoms with van der Waals surface area (Å²) < 4.78 is 0. The van der Waals surface area contributed by atoms with Crippen molar-refractivity contribution in [1.29, 1.82) is 0 Å². The summed E-state index contributed by atoms with van der Waals surface area (Å²) in [6.07, 6.45) is 4.95. The lowest BCUT2D eigenvalue weighted by Gasteiger charge is -2.39. The molecule has 0 spiro atoms. The first-order chi connectivity index (χ1) is 9.61. The van der Waals surface area contributed by atoms with Crippen LogP contribution >= 0.6 is 0 Å². The fourth-order valence-corrected chi connectivity index (χ4v) is 3.10. The van der Waals surface area contributed by atoms with Crippen LogP contribution in [0.1, 0.15) is 56.8 Å². The van der Waals surface area contributed by atoms with E-state index in [1.165, 1.54) is 25.7 Å². The van der Waals surface area contributed by atoms with Crippen LogP contribution < -0.4 is 16.2 Å². The van der Waals surface area contributed by atoms with Crippen molar-refractivity contribution in [2.75, 3.05) is 16.9 Å². The second-order valence-corrected chi connectivity index (χ2v) is 6.35. The fourth-order valence-electron chi connectivity index (χ4n) is 3.10. The predicted molar refractivity (Wildman–Crippen MR) is 81.8 cm³/mol. The number of aromatic nitrogens is 2. The van der Waals surface area contributed by atoms with Gasteiger partial charge in [0, 0.05) is 24.1 Å². The van der Waals surface area contributed by atoms with Gasteiger partial charge in [0.2, 0.25) is 0 Å². The van der Waals surface area contributed by atoms with E-state index in [1.807, 2.05) is 0 Å². The molecule has 1 saturated heterocycles. The zero-order valence-electron chi connectivity index (χ0n) is 12.7. The molecule has 1 aromatic heterocycles. The molecular formula is C15H25N5. The Balaban J connectivity index is 2.00. The van der Waals surface area contributed by atoms with E-state index in [0.717, 1.165) is 29.6 Å². The van der Waals surface area contributed by atoms with E-state index in [4.69, 9.17) is 10.8 Å². The molecule has 1 aliphatic carbocycles. The highest BCUT2D eigenvalue weighted by Crippen LogP contribution is 2.40. The molecule has 2 fully saturated rings. The molecular weight excluding hydrogens is 250 g/mol. The van der Waals surface area contributed by atoms with Crippen LogP contribution in [0.3, 0.4) is 0 Å². The molecule has 0 amide bonds. The summed E-state index contributed by atoms with van der Waals surface area (Å²) in [5.41, 5.74) is 3.81. The van der Waals surface area contributed by atoms with Gasteiger partial charge in [-0.2, -0.15) is 0 Å². The number of hydrogen-bond acceptors (Lipinski definition) is 5. The van der Waals surface area contributed by atoms with Crippen LogP contribution in [0.4, 0.5) is 11.6 Å². The number of nitrogens with zero attached hydrogens (tertiary/aromatic N) is 3. The Morgan fingerprint density at radius 2 is 1.95 bits per heavy atom. The fraction of sp³-hybridized carbons (Fsp3) is 0.733. The number of anilines is 2. The molecule has 1 saturated carbocycles. The highest BCUT2D eigenvalue weighted by atomic mass is 15.3. The average molecular weight is 275 g/mol. The molecule has 5 nitrogen and oxygen atoms in total. The Morgan fingerprint density at radius 1 is 1.20 bits per heavy atom. The van der Waals surface area contributed by atoms with Gasteiger partial charge in [0.1, 0.15) is 17.5 Å². The molecule has 2 unspecified atom stereocenters. The van der Waals surface area contributed by atoms with Gasteiger partial charge in [-0.3, -0.25) is 0 Å². The average Bonchev–Trinajstić information content (AvgIpc) is 3.27. The van der Waals surface area contributed by atoms with Crippen LogP contribution in [0.2, 0.25) is 0 Å². The first kappa shape index (κ1) is 13.6. The van der Waals surface area contributed by atoms with Crippen LogP contribution in [-0.2, 0) is 0 Å². The SMILES string of the molecule is Cc1c(NN)nc(C2CC2)nc1N1CCCC(C)C1C. The summed E-state index contributed by atoms with van der Waals surface area (Å²) in [6.45, 7) is 7.78. The summed E-state index contributed by atoms with van der Waals surface area (Å²) in [5, 5.41) is 0. The summed E-state index contributed by atoms with van der Waals surface area (Å²) >= 11 is 0. The summed E-state index contributed by atoms with van der Waals surface area (Å²) in [4.78, 5) is 11.9. The van der Waals surface area contributed by atoms with Gasteiger partial charge in [-0.1, -0.05) is 6.92 Å². The largest absolute Gasteiger partial charge is 0.353 e. The quantitative estimate of drug-likeness (QED) is 0.655. The number of hydrogen-bond donors (Lipinski definition) is 2. The van der Waals surface area contributed by atoms with Crippen LogP contribution in [0.25, 0.3) is 0 Å². The monoisotopic (exact) mass is 275 g/mol. The van der Waals surface area contributed by atoms with E-state index in [2.05, 4.69) is 36.1 Å². The number of piperidine rings is 1. The van der Waals surface area contributed by atoms with Crippen molar-refractivity contribution in [1.82, 2.24) is 9.97 Å². The van der Waals surface area contributed by atoms with Crippen LogP contribution in [-0.4, -0.2) is 22.6 Å². The molecule has 3 N–H and O–H groups in total. The van der Waals surface area contributed by atoms with E-state index < -0.39 is 0 Å². The minimum Gasteiger partial charge on any atom is -0.353 e. The smallest absolute Gasteiger partial charge is 0.148 e. The molecule has 5 heteroatoms. The van der Waals surface area contributed by atoms with E-state index in [0.29, 0.717) is 17.9 Å². The van der Waals surface area contributed by atoms with E-state index in [9.17, 15) is 0 Å². The van der Waals surface area contributed by atoms with Gasteiger partial charge in [0.05, 0.1) is 0 Å². The summed E-state index contributed by atoms with van der Waals surface area (Å²) in [5.74, 6) is 9.71. The number of rotatable bonds is 3. The Hall–Kier alpha value is -1.36. The van der Waals surface area contributed by atoms with Gasteiger partial charge in [-0.25, -0.2) is 15.8 Å². The molecule has 0 radical (unpaired) electrons. The van der Waals surface area contributed by atoms with Gasteiger partial charge in [-0.05, 0) is 45.4 Å². The Morgan fingerprint density at radius 3 is 2.60 bits per heavy atom. The minimum atomic E-state index is 0.523. The molecule has 2 heterocycles. The number of nitrogens with one attached hydrogen (secondary N) is 1. The lowest BCUT2D eigenvalue weighted by Crippen LogP contribution is -2.43. The van der Waals surface area contributed by atoms with Gasteiger partial charge < -0.3 is 10.3 Å². The zero-order chi connectivity index (χ0) is 14.3. The summed E-state index contributed by atoms with van der Waals surface area (Å²) in [7, 11) is 0. The molecule has 2 aliphatic rings. The third kappa shape index (κ3) is 2.35. The maximum Gasteiger partial charge on any atom is 0.148 e. The number of nitrogens with two attached hydrogens (primary N) is 1. The first-order valence-corrected chi connectivity index (χ1v) is 7.73. The van der Waals surface area contributed by atoms with Crippen molar-refractivity contribution >= 4 is 11.6 Å². The highest BCUT2D eigenvalue weighted by Gasteiger charge is 2.31. The molecule has 1 aromatic rings. The van der Waals surface area contributed by atoms with Gasteiger partial charge in [0.15, 0.2) is 0 Å². The van der Waals surface area contributed by atoms with E-state index >= 15 is 0 Å². The normalized spacial score (nSPS) is 26.7. The number of hydrazine groups is 1. The predicted octanol–water partition coefficient (Wildman–Crippen LogP) is 2.57. The Labute approximate surface area is 120 Å². The van der Waals surface area contributed by atoms with Crippen LogP contribution in [0.5, 0.6) is 0 Å². The van der Waals surface area contributed by atoms with Crippen LogP contribution in [0, 0.1) is 12.8 Å². The third-order valence-electron chi connectivity index (χ3n) is 4.86. The van der Waals surface area contributed by atoms with Gasteiger partial charge in [-0.15, -0.1) is 0 Å². The molecule has 2 atom stereocenters. The van der Waals surface area contributed by atoms with E-state index in [1.54, 1.807) is 0 Å². The third-order valence-corrected chi connectivity index (χ3v) is 4.86. The molecule has 0 aromatic carbocycles. The molecule has 0 bridgehead atoms. The van der Waals surface area contributed by atoms with Crippen LogP contribution in [0.15, 0.2) is 0 Å². The second-order valence-electron chi connectivity index (χ2n) is 6.35. The lowest BCUT2D eigenvalue weighted by molar-refractivity contribution is 0.361. The van der Waals surface area contributed by atoms with Crippen molar-refractivity contribution < 1.29 is 0 Å². The minimum absolute atomic E-state index is 0.523. The molecule has 110 valence electrons. The Bertz CT molecular complexity index is 497. The van der Waals surface area contributed by atoms with Crippen molar-refractivity contribution in [3.8, 4) is 0 Å². The number of nitrogen functional groups attached to an aromatic ring is 1. The van der Waals surface area contributed by atoms with Gasteiger partial charge >= 0.3 is 0 Å². The lowest BCUT2D eigenvalue weighted by atomic mass is 9.92. The topological polar surface area (TPSA) is 67.1 Å².